The molecule has 2 heterocycles. The molecule has 1 aliphatic rings. The first-order valence-corrected chi connectivity index (χ1v) is 8.44. The lowest BCUT2D eigenvalue weighted by atomic mass is 10.1. The van der Waals surface area contributed by atoms with Gasteiger partial charge in [-0.2, -0.15) is 4.98 Å². The normalized spacial score (nSPS) is 13.3. The molecule has 26 heavy (non-hydrogen) atoms. The van der Waals surface area contributed by atoms with Crippen LogP contribution in [0.25, 0.3) is 11.0 Å². The van der Waals surface area contributed by atoms with Gasteiger partial charge in [-0.25, -0.2) is 4.98 Å². The summed E-state index contributed by atoms with van der Waals surface area (Å²) in [6.07, 6.45) is 7.41. The van der Waals surface area contributed by atoms with Crippen LogP contribution < -0.4 is 10.1 Å². The highest BCUT2D eigenvalue weighted by atomic mass is 16.5. The zero-order chi connectivity index (χ0) is 17.8. The van der Waals surface area contributed by atoms with E-state index in [1.54, 1.807) is 12.1 Å². The van der Waals surface area contributed by atoms with E-state index in [1.807, 2.05) is 60.7 Å². The Kier molecular flexibility index (Phi) is 4.43. The molecule has 2 aromatic heterocycles. The summed E-state index contributed by atoms with van der Waals surface area (Å²) >= 11 is 0. The van der Waals surface area contributed by atoms with Gasteiger partial charge in [0.2, 0.25) is 5.88 Å². The predicted octanol–water partition coefficient (Wildman–Crippen LogP) is 4.64. The van der Waals surface area contributed by atoms with Crippen molar-refractivity contribution in [2.45, 2.75) is 12.8 Å². The minimum absolute atomic E-state index is 0.127. The molecule has 5 nitrogen and oxygen atoms in total. The third-order valence-corrected chi connectivity index (χ3v) is 4.03. The topological polar surface area (TPSA) is 64.1 Å². The highest BCUT2D eigenvalue weighted by molar-refractivity contribution is 6.03. The molecule has 1 amide bonds. The van der Waals surface area contributed by atoms with Gasteiger partial charge in [0, 0.05) is 17.0 Å². The Morgan fingerprint density at radius 2 is 1.81 bits per heavy atom. The Balaban J connectivity index is 1.55. The number of rotatable bonds is 4. The Morgan fingerprint density at radius 3 is 2.62 bits per heavy atom. The van der Waals surface area contributed by atoms with Crippen molar-refractivity contribution in [1.29, 1.82) is 0 Å². The van der Waals surface area contributed by atoms with Crippen LogP contribution in [-0.4, -0.2) is 15.9 Å². The summed E-state index contributed by atoms with van der Waals surface area (Å²) in [5.41, 5.74) is 1.28. The fourth-order valence-corrected chi connectivity index (χ4v) is 2.70. The fraction of sp³-hybridized carbons (Fsp3) is 0.0952. The van der Waals surface area contributed by atoms with E-state index in [4.69, 9.17) is 4.74 Å². The maximum absolute atomic E-state index is 12.3. The van der Waals surface area contributed by atoms with E-state index in [0.29, 0.717) is 29.5 Å². The largest absolute Gasteiger partial charge is 0.439 e. The second-order valence-corrected chi connectivity index (χ2v) is 5.90. The first-order chi connectivity index (χ1) is 12.8. The second kappa shape index (κ2) is 7.19. The standard InChI is InChI=1S/C21H17N3O2/c25-21(16-7-3-1-4-8-16)23-18-13-11-15-12-14-19(24-20(15)22-18)26-17-9-5-2-6-10-17/h1-3,5-6,8-14H,4,7H2,(H,22,23,24,25). The zero-order valence-corrected chi connectivity index (χ0v) is 14.1. The van der Waals surface area contributed by atoms with Crippen molar-refractivity contribution < 1.29 is 9.53 Å². The summed E-state index contributed by atoms with van der Waals surface area (Å²) in [7, 11) is 0. The van der Waals surface area contributed by atoms with E-state index in [9.17, 15) is 4.79 Å². The number of aromatic nitrogens is 2. The van der Waals surface area contributed by atoms with Gasteiger partial charge >= 0.3 is 0 Å². The summed E-state index contributed by atoms with van der Waals surface area (Å²) in [6, 6.07) is 16.8. The van der Waals surface area contributed by atoms with Crippen LogP contribution in [0, 0.1) is 0 Å². The van der Waals surface area contributed by atoms with Crippen molar-refractivity contribution in [3.8, 4) is 11.6 Å². The van der Waals surface area contributed by atoms with Crippen molar-refractivity contribution in [2.24, 2.45) is 0 Å². The number of nitrogens with one attached hydrogen (secondary N) is 1. The minimum Gasteiger partial charge on any atom is -0.439 e. The second-order valence-electron chi connectivity index (χ2n) is 5.90. The van der Waals surface area contributed by atoms with Gasteiger partial charge in [0.05, 0.1) is 0 Å². The Morgan fingerprint density at radius 1 is 0.962 bits per heavy atom. The molecular weight excluding hydrogens is 326 g/mol. The third-order valence-electron chi connectivity index (χ3n) is 4.03. The summed E-state index contributed by atoms with van der Waals surface area (Å²) in [4.78, 5) is 21.2. The number of nitrogens with zero attached hydrogens (tertiary/aromatic N) is 2. The predicted molar refractivity (Wildman–Crippen MR) is 101 cm³/mol. The lowest BCUT2D eigenvalue weighted by molar-refractivity contribution is -0.113. The Hall–Kier alpha value is -3.47. The molecule has 128 valence electrons. The van der Waals surface area contributed by atoms with E-state index in [1.165, 1.54) is 0 Å². The number of anilines is 1. The fourth-order valence-electron chi connectivity index (χ4n) is 2.70. The van der Waals surface area contributed by atoms with E-state index in [-0.39, 0.29) is 5.91 Å². The number of carbonyl (C=O) groups is 1. The molecule has 3 aromatic rings. The van der Waals surface area contributed by atoms with Crippen molar-refractivity contribution in [1.82, 2.24) is 9.97 Å². The monoisotopic (exact) mass is 343 g/mol. The molecule has 0 aliphatic heterocycles. The third kappa shape index (κ3) is 3.62. The molecular formula is C21H17N3O2. The molecule has 0 atom stereocenters. The summed E-state index contributed by atoms with van der Waals surface area (Å²) < 4.78 is 5.75. The van der Waals surface area contributed by atoms with Crippen LogP contribution in [0.4, 0.5) is 5.82 Å². The van der Waals surface area contributed by atoms with Crippen LogP contribution in [-0.2, 0) is 4.79 Å². The van der Waals surface area contributed by atoms with Gasteiger partial charge in [0.1, 0.15) is 11.6 Å². The number of allylic oxidation sites excluding steroid dienone is 3. The summed E-state index contributed by atoms with van der Waals surface area (Å²) in [5, 5.41) is 3.72. The van der Waals surface area contributed by atoms with Crippen LogP contribution in [0.3, 0.4) is 0 Å². The van der Waals surface area contributed by atoms with Gasteiger partial charge in [-0.15, -0.1) is 0 Å². The minimum atomic E-state index is -0.127. The molecule has 0 saturated heterocycles. The van der Waals surface area contributed by atoms with E-state index < -0.39 is 0 Å². The van der Waals surface area contributed by atoms with Crippen molar-refractivity contribution in [3.05, 3.63) is 78.4 Å². The number of para-hydroxylation sites is 1. The quantitative estimate of drug-likeness (QED) is 0.701. The molecule has 1 aliphatic carbocycles. The summed E-state index contributed by atoms with van der Waals surface area (Å²) in [6.45, 7) is 0. The number of ether oxygens (including phenoxy) is 1. The van der Waals surface area contributed by atoms with Gasteiger partial charge in [0.25, 0.3) is 5.91 Å². The van der Waals surface area contributed by atoms with Crippen molar-refractivity contribution in [3.63, 3.8) is 0 Å². The number of pyridine rings is 2. The molecule has 5 heteroatoms. The van der Waals surface area contributed by atoms with E-state index in [2.05, 4.69) is 15.3 Å². The van der Waals surface area contributed by atoms with Crippen molar-refractivity contribution >= 4 is 22.8 Å². The van der Waals surface area contributed by atoms with Crippen molar-refractivity contribution in [2.75, 3.05) is 5.32 Å². The number of hydrogen-bond acceptors (Lipinski definition) is 4. The van der Waals surface area contributed by atoms with Crippen LogP contribution in [0.1, 0.15) is 12.8 Å². The van der Waals surface area contributed by atoms with Gasteiger partial charge in [0.15, 0.2) is 5.65 Å². The first-order valence-electron chi connectivity index (χ1n) is 8.44. The molecule has 4 rings (SSSR count). The van der Waals surface area contributed by atoms with E-state index in [0.717, 1.165) is 17.4 Å². The van der Waals surface area contributed by atoms with Crippen LogP contribution in [0.2, 0.25) is 0 Å². The smallest absolute Gasteiger partial charge is 0.252 e. The van der Waals surface area contributed by atoms with Crippen LogP contribution in [0.5, 0.6) is 11.6 Å². The molecule has 1 N–H and O–H groups in total. The molecule has 1 aromatic carbocycles. The summed E-state index contributed by atoms with van der Waals surface area (Å²) in [5.74, 6) is 1.51. The molecule has 0 bridgehead atoms. The Labute approximate surface area is 151 Å². The highest BCUT2D eigenvalue weighted by Crippen LogP contribution is 2.22. The van der Waals surface area contributed by atoms with E-state index >= 15 is 0 Å². The SMILES string of the molecule is O=C(Nc1ccc2ccc(Oc3ccccc3)nc2n1)C1=CCC=CC1. The number of benzene rings is 1. The number of fused-ring (bicyclic) bond motifs is 1. The van der Waals surface area contributed by atoms with Crippen LogP contribution in [0.15, 0.2) is 78.4 Å². The first kappa shape index (κ1) is 16.0. The van der Waals surface area contributed by atoms with Gasteiger partial charge in [-0.05, 0) is 43.2 Å². The van der Waals surface area contributed by atoms with Gasteiger partial charge < -0.3 is 10.1 Å². The number of carbonyl (C=O) groups excluding carboxylic acids is 1. The average Bonchev–Trinajstić information content (AvgIpc) is 2.69. The van der Waals surface area contributed by atoms with Crippen LogP contribution >= 0.6 is 0 Å². The van der Waals surface area contributed by atoms with Gasteiger partial charge in [-0.3, -0.25) is 4.79 Å². The number of amides is 1. The maximum atomic E-state index is 12.3. The molecule has 0 radical (unpaired) electrons. The molecule has 0 saturated carbocycles. The maximum Gasteiger partial charge on any atom is 0.252 e. The van der Waals surface area contributed by atoms with Gasteiger partial charge in [-0.1, -0.05) is 36.4 Å². The lowest BCUT2D eigenvalue weighted by Gasteiger charge is -2.10. The number of hydrogen-bond donors (Lipinski definition) is 1. The highest BCUT2D eigenvalue weighted by Gasteiger charge is 2.11. The lowest BCUT2D eigenvalue weighted by Crippen LogP contribution is -2.15. The average molecular weight is 343 g/mol. The molecule has 0 unspecified atom stereocenters. The molecule has 0 spiro atoms. The molecule has 0 fully saturated rings. The zero-order valence-electron chi connectivity index (χ0n) is 14.1. The Bertz CT molecular complexity index is 1010.